The fourth-order valence-electron chi connectivity index (χ4n) is 3.86. The molecule has 2 nitrogen and oxygen atoms in total. The van der Waals surface area contributed by atoms with Crippen LogP contribution in [0.15, 0.2) is 54.6 Å². The first-order valence-electron chi connectivity index (χ1n) is 8.71. The molecule has 128 valence electrons. The van der Waals surface area contributed by atoms with Crippen molar-refractivity contribution in [1.29, 1.82) is 0 Å². The second-order valence-corrected chi connectivity index (χ2v) is 7.96. The van der Waals surface area contributed by atoms with E-state index >= 15 is 0 Å². The van der Waals surface area contributed by atoms with Crippen molar-refractivity contribution in [2.24, 2.45) is 5.92 Å². The average molecular weight is 344 g/mol. The van der Waals surface area contributed by atoms with Crippen LogP contribution in [-0.4, -0.2) is 10.6 Å². The van der Waals surface area contributed by atoms with Crippen LogP contribution in [0.25, 0.3) is 0 Å². The van der Waals surface area contributed by atoms with Crippen LogP contribution in [0.1, 0.15) is 45.1 Å². The summed E-state index contributed by atoms with van der Waals surface area (Å²) in [7, 11) is 0. The van der Waals surface area contributed by atoms with Gasteiger partial charge in [-0.25, -0.2) is 0 Å². The molecule has 24 heavy (non-hydrogen) atoms. The molecule has 0 unspecified atom stereocenters. The van der Waals surface area contributed by atoms with E-state index in [1.165, 1.54) is 0 Å². The fraction of sp³-hybridized carbons (Fsp3) is 0.429. The van der Waals surface area contributed by atoms with Gasteiger partial charge in [0.15, 0.2) is 0 Å². The van der Waals surface area contributed by atoms with Crippen molar-refractivity contribution in [3.05, 3.63) is 65.2 Å². The van der Waals surface area contributed by atoms with Gasteiger partial charge in [0.2, 0.25) is 0 Å². The van der Waals surface area contributed by atoms with Gasteiger partial charge in [0.1, 0.15) is 0 Å². The number of halogens is 1. The zero-order valence-electron chi connectivity index (χ0n) is 14.4. The lowest BCUT2D eigenvalue weighted by Crippen LogP contribution is -2.44. The molecule has 3 heteroatoms. The molecule has 0 spiro atoms. The van der Waals surface area contributed by atoms with Gasteiger partial charge in [-0.05, 0) is 75.3 Å². The molecule has 0 bridgehead atoms. The molecule has 0 heterocycles. The molecule has 2 N–H and O–H groups in total. The molecule has 0 amide bonds. The van der Waals surface area contributed by atoms with Crippen LogP contribution in [0.5, 0.6) is 0 Å². The Bertz CT molecular complexity index is 658. The van der Waals surface area contributed by atoms with Crippen LogP contribution in [0.2, 0.25) is 5.02 Å². The van der Waals surface area contributed by atoms with Crippen LogP contribution >= 0.6 is 11.6 Å². The summed E-state index contributed by atoms with van der Waals surface area (Å²) >= 11 is 5.97. The summed E-state index contributed by atoms with van der Waals surface area (Å²) < 4.78 is 0. The normalized spacial score (nSPS) is 24.6. The van der Waals surface area contributed by atoms with Crippen molar-refractivity contribution in [3.8, 4) is 0 Å². The zero-order valence-corrected chi connectivity index (χ0v) is 15.2. The third kappa shape index (κ3) is 3.76. The minimum absolute atomic E-state index is 0.0220. The first kappa shape index (κ1) is 17.3. The zero-order chi connectivity index (χ0) is 17.2. The standard InChI is InChI=1S/C21H26ClNO/c1-20(2,23-19-10-8-18(22)9-11-19)16-12-14-21(24,15-13-16)17-6-4-3-5-7-17/h3-11,16,23-24H,12-15H2,1-2H3. The van der Waals surface area contributed by atoms with E-state index < -0.39 is 5.60 Å². The summed E-state index contributed by atoms with van der Waals surface area (Å²) in [5, 5.41) is 15.4. The maximum absolute atomic E-state index is 11.0. The third-order valence-electron chi connectivity index (χ3n) is 5.46. The molecular formula is C21H26ClNO. The lowest BCUT2D eigenvalue weighted by atomic mass is 9.69. The quantitative estimate of drug-likeness (QED) is 0.756. The number of aliphatic hydroxyl groups is 1. The van der Waals surface area contributed by atoms with E-state index in [9.17, 15) is 5.11 Å². The van der Waals surface area contributed by atoms with E-state index in [-0.39, 0.29) is 5.54 Å². The molecular weight excluding hydrogens is 318 g/mol. The summed E-state index contributed by atoms with van der Waals surface area (Å²) in [5.74, 6) is 0.525. The van der Waals surface area contributed by atoms with Gasteiger partial charge >= 0.3 is 0 Å². The van der Waals surface area contributed by atoms with E-state index in [4.69, 9.17) is 11.6 Å². The first-order valence-corrected chi connectivity index (χ1v) is 9.08. The number of rotatable bonds is 4. The van der Waals surface area contributed by atoms with Crippen molar-refractivity contribution >= 4 is 17.3 Å². The fourth-order valence-corrected chi connectivity index (χ4v) is 3.99. The third-order valence-corrected chi connectivity index (χ3v) is 5.71. The second-order valence-electron chi connectivity index (χ2n) is 7.53. The molecule has 1 saturated carbocycles. The first-order chi connectivity index (χ1) is 11.4. The van der Waals surface area contributed by atoms with Gasteiger partial charge in [0.05, 0.1) is 5.60 Å². The van der Waals surface area contributed by atoms with E-state index in [0.717, 1.165) is 42.0 Å². The van der Waals surface area contributed by atoms with Gasteiger partial charge in [-0.2, -0.15) is 0 Å². The predicted molar refractivity (Wildman–Crippen MR) is 101 cm³/mol. The van der Waals surface area contributed by atoms with E-state index in [0.29, 0.717) is 5.92 Å². The number of benzene rings is 2. The molecule has 2 aromatic carbocycles. The Hall–Kier alpha value is -1.51. The van der Waals surface area contributed by atoms with Gasteiger partial charge in [0.25, 0.3) is 0 Å². The molecule has 1 aliphatic rings. The largest absolute Gasteiger partial charge is 0.385 e. The molecule has 0 aromatic heterocycles. The molecule has 0 aliphatic heterocycles. The van der Waals surface area contributed by atoms with Crippen LogP contribution in [0.3, 0.4) is 0 Å². The topological polar surface area (TPSA) is 32.3 Å². The van der Waals surface area contributed by atoms with Crippen molar-refractivity contribution in [2.45, 2.75) is 50.7 Å². The monoisotopic (exact) mass is 343 g/mol. The predicted octanol–water partition coefficient (Wildman–Crippen LogP) is 5.61. The Kier molecular flexibility index (Phi) is 4.89. The van der Waals surface area contributed by atoms with Crippen LogP contribution < -0.4 is 5.32 Å². The van der Waals surface area contributed by atoms with Crippen LogP contribution in [-0.2, 0) is 5.60 Å². The number of hydrogen-bond donors (Lipinski definition) is 2. The summed E-state index contributed by atoms with van der Waals surface area (Å²) in [6.45, 7) is 4.50. The molecule has 0 atom stereocenters. The maximum Gasteiger partial charge on any atom is 0.0896 e. The highest BCUT2D eigenvalue weighted by Gasteiger charge is 2.40. The highest BCUT2D eigenvalue weighted by molar-refractivity contribution is 6.30. The summed E-state index contributed by atoms with van der Waals surface area (Å²) in [6.07, 6.45) is 3.65. The Morgan fingerprint density at radius 3 is 2.17 bits per heavy atom. The molecule has 0 saturated heterocycles. The SMILES string of the molecule is CC(C)(Nc1ccc(Cl)cc1)C1CCC(O)(c2ccccc2)CC1. The smallest absolute Gasteiger partial charge is 0.0896 e. The minimum atomic E-state index is -0.673. The second kappa shape index (κ2) is 6.78. The van der Waals surface area contributed by atoms with E-state index in [2.05, 4.69) is 19.2 Å². The summed E-state index contributed by atoms with van der Waals surface area (Å²) in [4.78, 5) is 0. The number of nitrogens with one attached hydrogen (secondary N) is 1. The number of anilines is 1. The summed E-state index contributed by atoms with van der Waals surface area (Å²) in [5.41, 5.74) is 1.44. The van der Waals surface area contributed by atoms with Crippen LogP contribution in [0, 0.1) is 5.92 Å². The minimum Gasteiger partial charge on any atom is -0.385 e. The van der Waals surface area contributed by atoms with Gasteiger partial charge in [-0.15, -0.1) is 0 Å². The molecule has 0 radical (unpaired) electrons. The lowest BCUT2D eigenvalue weighted by molar-refractivity contribution is -0.0210. The van der Waals surface area contributed by atoms with Crippen molar-refractivity contribution in [3.63, 3.8) is 0 Å². The van der Waals surface area contributed by atoms with Gasteiger partial charge < -0.3 is 10.4 Å². The van der Waals surface area contributed by atoms with Gasteiger partial charge in [-0.3, -0.25) is 0 Å². The van der Waals surface area contributed by atoms with E-state index in [1.807, 2.05) is 54.6 Å². The molecule has 2 aromatic rings. The lowest BCUT2D eigenvalue weighted by Gasteiger charge is -2.43. The number of hydrogen-bond acceptors (Lipinski definition) is 2. The highest BCUT2D eigenvalue weighted by Crippen LogP contribution is 2.43. The Labute approximate surface area is 149 Å². The Morgan fingerprint density at radius 2 is 1.58 bits per heavy atom. The maximum atomic E-state index is 11.0. The molecule has 1 fully saturated rings. The molecule has 3 rings (SSSR count). The molecule has 1 aliphatic carbocycles. The van der Waals surface area contributed by atoms with Gasteiger partial charge in [0, 0.05) is 16.2 Å². The Morgan fingerprint density at radius 1 is 1.00 bits per heavy atom. The van der Waals surface area contributed by atoms with Gasteiger partial charge in [-0.1, -0.05) is 41.9 Å². The van der Waals surface area contributed by atoms with E-state index in [1.54, 1.807) is 0 Å². The average Bonchev–Trinajstić information content (AvgIpc) is 2.58. The van der Waals surface area contributed by atoms with Crippen molar-refractivity contribution < 1.29 is 5.11 Å². The van der Waals surface area contributed by atoms with Crippen LogP contribution in [0.4, 0.5) is 5.69 Å². The summed E-state index contributed by atoms with van der Waals surface area (Å²) in [6, 6.07) is 18.0. The van der Waals surface area contributed by atoms with Crippen molar-refractivity contribution in [2.75, 3.05) is 5.32 Å². The highest BCUT2D eigenvalue weighted by atomic mass is 35.5. The Balaban J connectivity index is 1.66. The van der Waals surface area contributed by atoms with Crippen molar-refractivity contribution in [1.82, 2.24) is 0 Å².